The number of carbonyl (C=O) groups is 1. The minimum absolute atomic E-state index is 0.0199. The molecule has 6 heteroatoms. The van der Waals surface area contributed by atoms with Gasteiger partial charge in [-0.05, 0) is 31.8 Å². The van der Waals surface area contributed by atoms with Crippen LogP contribution in [0, 0.1) is 5.92 Å². The molecule has 0 aliphatic carbocycles. The van der Waals surface area contributed by atoms with Crippen molar-refractivity contribution in [1.29, 1.82) is 0 Å². The van der Waals surface area contributed by atoms with E-state index >= 15 is 0 Å². The Balaban J connectivity index is 1.74. The standard InChI is InChI=1S/C14H19N5O/c1-18(10-11-2-4-15-5-3-11)14(20)12-8-17-19-7-6-16-9-13(12)19/h6-9,11,15H,2-5,10H2,1H3. The highest BCUT2D eigenvalue weighted by molar-refractivity contribution is 6.00. The van der Waals surface area contributed by atoms with Crippen molar-refractivity contribution in [2.24, 2.45) is 5.92 Å². The zero-order chi connectivity index (χ0) is 13.9. The van der Waals surface area contributed by atoms with E-state index in [0.29, 0.717) is 11.5 Å². The number of nitrogens with zero attached hydrogens (tertiary/aromatic N) is 4. The first-order valence-corrected chi connectivity index (χ1v) is 6.99. The predicted molar refractivity (Wildman–Crippen MR) is 75.5 cm³/mol. The molecule has 3 rings (SSSR count). The van der Waals surface area contributed by atoms with Crippen LogP contribution in [-0.2, 0) is 0 Å². The van der Waals surface area contributed by atoms with Crippen LogP contribution in [0.5, 0.6) is 0 Å². The molecule has 1 saturated heterocycles. The van der Waals surface area contributed by atoms with Gasteiger partial charge in [0, 0.05) is 26.0 Å². The molecular formula is C14H19N5O. The van der Waals surface area contributed by atoms with Gasteiger partial charge in [0.2, 0.25) is 0 Å². The molecule has 0 bridgehead atoms. The van der Waals surface area contributed by atoms with Crippen molar-refractivity contribution in [3.05, 3.63) is 30.4 Å². The molecule has 2 aromatic heterocycles. The number of fused-ring (bicyclic) bond motifs is 1. The van der Waals surface area contributed by atoms with E-state index in [1.807, 2.05) is 7.05 Å². The molecule has 1 aliphatic rings. The molecule has 20 heavy (non-hydrogen) atoms. The zero-order valence-corrected chi connectivity index (χ0v) is 11.6. The summed E-state index contributed by atoms with van der Waals surface area (Å²) in [6, 6.07) is 0. The summed E-state index contributed by atoms with van der Waals surface area (Å²) in [5.41, 5.74) is 1.38. The summed E-state index contributed by atoms with van der Waals surface area (Å²) < 4.78 is 1.68. The lowest BCUT2D eigenvalue weighted by Crippen LogP contribution is -2.37. The summed E-state index contributed by atoms with van der Waals surface area (Å²) in [4.78, 5) is 18.4. The van der Waals surface area contributed by atoms with Gasteiger partial charge in [0.25, 0.3) is 5.91 Å². The van der Waals surface area contributed by atoms with Crippen molar-refractivity contribution < 1.29 is 4.79 Å². The SMILES string of the molecule is CN(CC1CCNCC1)C(=O)c1cnn2ccncc12. The molecule has 2 aromatic rings. The minimum atomic E-state index is 0.0199. The van der Waals surface area contributed by atoms with Gasteiger partial charge in [-0.1, -0.05) is 0 Å². The molecule has 0 aromatic carbocycles. The molecule has 0 spiro atoms. The fourth-order valence-electron chi connectivity index (χ4n) is 2.74. The Bertz CT molecular complexity index is 602. The number of hydrogen-bond acceptors (Lipinski definition) is 4. The van der Waals surface area contributed by atoms with Crippen LogP contribution >= 0.6 is 0 Å². The minimum Gasteiger partial charge on any atom is -0.341 e. The van der Waals surface area contributed by atoms with Crippen LogP contribution in [0.1, 0.15) is 23.2 Å². The summed E-state index contributed by atoms with van der Waals surface area (Å²) >= 11 is 0. The lowest BCUT2D eigenvalue weighted by Gasteiger charge is -2.27. The Morgan fingerprint density at radius 2 is 2.25 bits per heavy atom. The van der Waals surface area contributed by atoms with Crippen molar-refractivity contribution in [1.82, 2.24) is 24.8 Å². The third kappa shape index (κ3) is 2.51. The van der Waals surface area contributed by atoms with Gasteiger partial charge in [0.05, 0.1) is 23.5 Å². The van der Waals surface area contributed by atoms with Gasteiger partial charge in [0.1, 0.15) is 0 Å². The van der Waals surface area contributed by atoms with Gasteiger partial charge in [-0.2, -0.15) is 5.10 Å². The predicted octanol–water partition coefficient (Wildman–Crippen LogP) is 0.801. The highest BCUT2D eigenvalue weighted by Crippen LogP contribution is 2.16. The molecule has 106 valence electrons. The van der Waals surface area contributed by atoms with Gasteiger partial charge in [-0.15, -0.1) is 0 Å². The zero-order valence-electron chi connectivity index (χ0n) is 11.6. The van der Waals surface area contributed by atoms with Crippen molar-refractivity contribution in [2.45, 2.75) is 12.8 Å². The van der Waals surface area contributed by atoms with Gasteiger partial charge in [-0.3, -0.25) is 9.78 Å². The monoisotopic (exact) mass is 273 g/mol. The van der Waals surface area contributed by atoms with Gasteiger partial charge < -0.3 is 10.2 Å². The molecule has 1 aliphatic heterocycles. The van der Waals surface area contributed by atoms with Crippen LogP contribution in [0.4, 0.5) is 0 Å². The Hall–Kier alpha value is -1.95. The molecule has 0 unspecified atom stereocenters. The third-order valence-electron chi connectivity index (χ3n) is 3.89. The number of nitrogens with one attached hydrogen (secondary N) is 1. The molecule has 0 saturated carbocycles. The number of carbonyl (C=O) groups excluding carboxylic acids is 1. The second-order valence-corrected chi connectivity index (χ2v) is 5.34. The molecule has 1 N–H and O–H groups in total. The molecule has 6 nitrogen and oxygen atoms in total. The maximum Gasteiger partial charge on any atom is 0.257 e. The van der Waals surface area contributed by atoms with Crippen LogP contribution < -0.4 is 5.32 Å². The Kier molecular flexibility index (Phi) is 3.64. The van der Waals surface area contributed by atoms with E-state index in [9.17, 15) is 4.79 Å². The van der Waals surface area contributed by atoms with Gasteiger partial charge in [-0.25, -0.2) is 4.52 Å². The average molecular weight is 273 g/mol. The molecule has 0 atom stereocenters. The molecule has 1 fully saturated rings. The van der Waals surface area contributed by atoms with Crippen molar-refractivity contribution >= 4 is 11.4 Å². The highest BCUT2D eigenvalue weighted by atomic mass is 16.2. The van der Waals surface area contributed by atoms with E-state index in [0.717, 1.165) is 38.0 Å². The average Bonchev–Trinajstić information content (AvgIpc) is 2.91. The molecule has 0 radical (unpaired) electrons. The number of aromatic nitrogens is 3. The fraction of sp³-hybridized carbons (Fsp3) is 0.500. The lowest BCUT2D eigenvalue weighted by atomic mass is 9.97. The van der Waals surface area contributed by atoms with Gasteiger partial charge >= 0.3 is 0 Å². The topological polar surface area (TPSA) is 62.5 Å². The van der Waals surface area contributed by atoms with E-state index in [4.69, 9.17) is 0 Å². The fourth-order valence-corrected chi connectivity index (χ4v) is 2.74. The number of rotatable bonds is 3. The first kappa shape index (κ1) is 13.1. The molecular weight excluding hydrogens is 254 g/mol. The van der Waals surface area contributed by atoms with E-state index in [-0.39, 0.29) is 5.91 Å². The first-order valence-electron chi connectivity index (χ1n) is 6.99. The van der Waals surface area contributed by atoms with E-state index in [1.165, 1.54) is 0 Å². The third-order valence-corrected chi connectivity index (χ3v) is 3.89. The highest BCUT2D eigenvalue weighted by Gasteiger charge is 2.21. The van der Waals surface area contributed by atoms with Crippen LogP contribution in [0.15, 0.2) is 24.8 Å². The Morgan fingerprint density at radius 3 is 3.05 bits per heavy atom. The second kappa shape index (κ2) is 5.58. The van der Waals surface area contributed by atoms with Crippen LogP contribution in [0.25, 0.3) is 5.52 Å². The number of hydrogen-bond donors (Lipinski definition) is 1. The van der Waals surface area contributed by atoms with E-state index in [2.05, 4.69) is 15.4 Å². The van der Waals surface area contributed by atoms with Crippen molar-refractivity contribution in [3.8, 4) is 0 Å². The summed E-state index contributed by atoms with van der Waals surface area (Å²) in [6.07, 6.45) is 8.98. The summed E-state index contributed by atoms with van der Waals surface area (Å²) in [5, 5.41) is 7.53. The lowest BCUT2D eigenvalue weighted by molar-refractivity contribution is 0.0764. The molecule has 3 heterocycles. The smallest absolute Gasteiger partial charge is 0.257 e. The first-order chi connectivity index (χ1) is 9.75. The largest absolute Gasteiger partial charge is 0.341 e. The quantitative estimate of drug-likeness (QED) is 0.898. The number of piperidine rings is 1. The number of amides is 1. The Labute approximate surface area is 117 Å². The van der Waals surface area contributed by atoms with Crippen molar-refractivity contribution in [3.63, 3.8) is 0 Å². The van der Waals surface area contributed by atoms with Crippen molar-refractivity contribution in [2.75, 3.05) is 26.7 Å². The maximum absolute atomic E-state index is 12.5. The second-order valence-electron chi connectivity index (χ2n) is 5.34. The summed E-state index contributed by atoms with van der Waals surface area (Å²) in [5.74, 6) is 0.608. The summed E-state index contributed by atoms with van der Waals surface area (Å²) in [6.45, 7) is 2.90. The van der Waals surface area contributed by atoms with E-state index < -0.39 is 0 Å². The van der Waals surface area contributed by atoms with Crippen LogP contribution in [0.2, 0.25) is 0 Å². The maximum atomic E-state index is 12.5. The van der Waals surface area contributed by atoms with E-state index in [1.54, 1.807) is 34.2 Å². The summed E-state index contributed by atoms with van der Waals surface area (Å²) in [7, 11) is 1.87. The van der Waals surface area contributed by atoms with Crippen LogP contribution in [0.3, 0.4) is 0 Å². The van der Waals surface area contributed by atoms with Gasteiger partial charge in [0.15, 0.2) is 0 Å². The Morgan fingerprint density at radius 1 is 1.45 bits per heavy atom. The normalized spacial score (nSPS) is 16.4. The van der Waals surface area contributed by atoms with Crippen LogP contribution in [-0.4, -0.2) is 52.1 Å². The molecule has 1 amide bonds.